The zero-order chi connectivity index (χ0) is 13.2. The molecule has 2 heterocycles. The summed E-state index contributed by atoms with van der Waals surface area (Å²) in [5.74, 6) is 0.424. The van der Waals surface area contributed by atoms with E-state index >= 15 is 0 Å². The maximum absolute atomic E-state index is 12.3. The molecule has 9 heteroatoms. The number of halogens is 1. The lowest BCUT2D eigenvalue weighted by molar-refractivity contribution is 0.0937. The largest absolute Gasteiger partial charge is 0.347 e. The van der Waals surface area contributed by atoms with Crippen molar-refractivity contribution in [2.45, 2.75) is 18.9 Å². The lowest BCUT2D eigenvalue weighted by Gasteiger charge is -2.15. The first-order valence-electron chi connectivity index (χ1n) is 6.11. The highest BCUT2D eigenvalue weighted by molar-refractivity contribution is 7.12. The number of nitrogens with zero attached hydrogens (tertiary/aromatic N) is 4. The predicted octanol–water partition coefficient (Wildman–Crippen LogP) is 0.613. The molecule has 1 atom stereocenters. The van der Waals surface area contributed by atoms with E-state index in [1.54, 1.807) is 0 Å². The van der Waals surface area contributed by atoms with Gasteiger partial charge in [0.05, 0.1) is 5.69 Å². The van der Waals surface area contributed by atoms with Crippen molar-refractivity contribution in [3.05, 3.63) is 22.7 Å². The fourth-order valence-corrected chi connectivity index (χ4v) is 2.81. The third kappa shape index (κ3) is 2.97. The number of carbonyl (C=O) groups excluding carboxylic acids is 1. The molecule has 1 aliphatic carbocycles. The highest BCUT2D eigenvalue weighted by Gasteiger charge is 2.32. The fraction of sp³-hybridized carbons (Fsp3) is 0.455. The third-order valence-electron chi connectivity index (χ3n) is 3.21. The smallest absolute Gasteiger partial charge is 0.263 e. The van der Waals surface area contributed by atoms with Crippen molar-refractivity contribution in [1.82, 2.24) is 25.5 Å². The summed E-state index contributed by atoms with van der Waals surface area (Å²) in [5, 5.41) is 15.8. The first kappa shape index (κ1) is 14.9. The molecule has 3 rings (SSSR count). The molecular weight excluding hydrogens is 300 g/mol. The molecule has 1 saturated carbocycles. The van der Waals surface area contributed by atoms with Gasteiger partial charge in [-0.25, -0.2) is 0 Å². The summed E-state index contributed by atoms with van der Waals surface area (Å²) >= 11 is 1.37. The first-order valence-corrected chi connectivity index (χ1v) is 6.99. The predicted molar refractivity (Wildman–Crippen MR) is 77.3 cm³/mol. The standard InChI is InChI=1S/C11H14N6OS.ClH/c12-5-8(7-1-2-7)14-11(18)10-9(3-4-19-10)17-6-13-15-16-17;/h3-4,6-8H,1-2,5,12H2,(H,14,18);1H. The van der Waals surface area contributed by atoms with Gasteiger partial charge in [0.15, 0.2) is 0 Å². The summed E-state index contributed by atoms with van der Waals surface area (Å²) in [7, 11) is 0. The molecule has 1 aliphatic rings. The topological polar surface area (TPSA) is 98.7 Å². The molecule has 1 amide bonds. The van der Waals surface area contributed by atoms with E-state index < -0.39 is 0 Å². The molecule has 7 nitrogen and oxygen atoms in total. The Balaban J connectivity index is 0.00000147. The van der Waals surface area contributed by atoms with Crippen molar-refractivity contribution in [3.63, 3.8) is 0 Å². The van der Waals surface area contributed by atoms with Crippen LogP contribution in [0.15, 0.2) is 17.8 Å². The summed E-state index contributed by atoms with van der Waals surface area (Å²) in [5.41, 5.74) is 6.39. The maximum Gasteiger partial charge on any atom is 0.263 e. The molecule has 0 bridgehead atoms. The second-order valence-electron chi connectivity index (χ2n) is 4.54. The van der Waals surface area contributed by atoms with Gasteiger partial charge in [-0.3, -0.25) is 4.79 Å². The van der Waals surface area contributed by atoms with Crippen LogP contribution in [0.5, 0.6) is 0 Å². The fourth-order valence-electron chi connectivity index (χ4n) is 2.03. The van der Waals surface area contributed by atoms with Gasteiger partial charge in [0.25, 0.3) is 5.91 Å². The lowest BCUT2D eigenvalue weighted by atomic mass is 10.2. The molecule has 0 radical (unpaired) electrons. The van der Waals surface area contributed by atoms with E-state index in [1.165, 1.54) is 22.3 Å². The summed E-state index contributed by atoms with van der Waals surface area (Å²) in [6.07, 6.45) is 3.76. The van der Waals surface area contributed by atoms with Crippen LogP contribution in [-0.2, 0) is 0 Å². The number of hydrogen-bond donors (Lipinski definition) is 2. The molecule has 1 fully saturated rings. The first-order chi connectivity index (χ1) is 9.29. The molecular formula is C11H15ClN6OS. The summed E-state index contributed by atoms with van der Waals surface area (Å²) in [4.78, 5) is 12.9. The average molecular weight is 315 g/mol. The second-order valence-corrected chi connectivity index (χ2v) is 5.46. The van der Waals surface area contributed by atoms with Gasteiger partial charge in [-0.2, -0.15) is 4.68 Å². The quantitative estimate of drug-likeness (QED) is 0.842. The second kappa shape index (κ2) is 6.29. The van der Waals surface area contributed by atoms with Crippen molar-refractivity contribution in [2.75, 3.05) is 6.54 Å². The van der Waals surface area contributed by atoms with Gasteiger partial charge in [-0.1, -0.05) is 0 Å². The molecule has 1 unspecified atom stereocenters. The molecule has 20 heavy (non-hydrogen) atoms. The van der Waals surface area contributed by atoms with Gasteiger partial charge in [0, 0.05) is 12.6 Å². The zero-order valence-corrected chi connectivity index (χ0v) is 12.2. The molecule has 2 aromatic heterocycles. The molecule has 0 aromatic carbocycles. The molecule has 0 aliphatic heterocycles. The van der Waals surface area contributed by atoms with Gasteiger partial charge in [0.2, 0.25) is 0 Å². The highest BCUT2D eigenvalue weighted by Crippen LogP contribution is 2.32. The van der Waals surface area contributed by atoms with Gasteiger partial charge >= 0.3 is 0 Å². The zero-order valence-electron chi connectivity index (χ0n) is 10.6. The van der Waals surface area contributed by atoms with Gasteiger partial charge in [-0.05, 0) is 40.6 Å². The molecule has 0 saturated heterocycles. The summed E-state index contributed by atoms with van der Waals surface area (Å²) in [6.45, 7) is 0.474. The van der Waals surface area contributed by atoms with Crippen molar-refractivity contribution in [1.29, 1.82) is 0 Å². The van der Waals surface area contributed by atoms with Crippen LogP contribution in [0.2, 0.25) is 0 Å². The third-order valence-corrected chi connectivity index (χ3v) is 4.11. The number of carbonyl (C=O) groups is 1. The van der Waals surface area contributed by atoms with Crippen LogP contribution in [-0.4, -0.2) is 38.7 Å². The number of amides is 1. The van der Waals surface area contributed by atoms with E-state index in [2.05, 4.69) is 20.8 Å². The number of nitrogens with two attached hydrogens (primary N) is 1. The Hall–Kier alpha value is -1.51. The number of hydrogen-bond acceptors (Lipinski definition) is 6. The number of nitrogens with one attached hydrogen (secondary N) is 1. The van der Waals surface area contributed by atoms with Crippen LogP contribution >= 0.6 is 23.7 Å². The van der Waals surface area contributed by atoms with Crippen LogP contribution in [0.4, 0.5) is 0 Å². The Morgan fingerprint density at radius 3 is 3.00 bits per heavy atom. The molecule has 3 N–H and O–H groups in total. The van der Waals surface area contributed by atoms with Crippen LogP contribution in [0.25, 0.3) is 5.69 Å². The van der Waals surface area contributed by atoms with E-state index in [-0.39, 0.29) is 24.4 Å². The summed E-state index contributed by atoms with van der Waals surface area (Å²) in [6, 6.07) is 1.89. The van der Waals surface area contributed by atoms with Crippen molar-refractivity contribution in [2.24, 2.45) is 11.7 Å². The van der Waals surface area contributed by atoms with E-state index in [0.29, 0.717) is 23.0 Å². The van der Waals surface area contributed by atoms with E-state index in [4.69, 9.17) is 5.73 Å². The molecule has 2 aromatic rings. The van der Waals surface area contributed by atoms with Gasteiger partial charge in [-0.15, -0.1) is 28.8 Å². The van der Waals surface area contributed by atoms with E-state index in [9.17, 15) is 4.79 Å². The summed E-state index contributed by atoms with van der Waals surface area (Å²) < 4.78 is 1.49. The van der Waals surface area contributed by atoms with E-state index in [1.807, 2.05) is 11.4 Å². The Morgan fingerprint density at radius 2 is 2.40 bits per heavy atom. The van der Waals surface area contributed by atoms with Crippen molar-refractivity contribution in [3.8, 4) is 5.69 Å². The Bertz CT molecular complexity index is 567. The Kier molecular flexibility index (Phi) is 4.69. The highest BCUT2D eigenvalue weighted by atomic mass is 35.5. The normalized spacial score (nSPS) is 15.4. The Morgan fingerprint density at radius 1 is 1.60 bits per heavy atom. The minimum absolute atomic E-state index is 0. The minimum Gasteiger partial charge on any atom is -0.347 e. The molecule has 108 valence electrons. The lowest BCUT2D eigenvalue weighted by Crippen LogP contribution is -2.41. The maximum atomic E-state index is 12.3. The van der Waals surface area contributed by atoms with Crippen molar-refractivity contribution >= 4 is 29.7 Å². The van der Waals surface area contributed by atoms with Crippen LogP contribution in [0.3, 0.4) is 0 Å². The SMILES string of the molecule is Cl.NCC(NC(=O)c1sccc1-n1cnnn1)C1CC1. The van der Waals surface area contributed by atoms with Crippen LogP contribution in [0.1, 0.15) is 22.5 Å². The number of tetrazole rings is 1. The monoisotopic (exact) mass is 314 g/mol. The number of thiophene rings is 1. The van der Waals surface area contributed by atoms with Crippen LogP contribution in [0, 0.1) is 5.92 Å². The minimum atomic E-state index is -0.108. The van der Waals surface area contributed by atoms with Gasteiger partial charge < -0.3 is 11.1 Å². The van der Waals surface area contributed by atoms with Crippen LogP contribution < -0.4 is 11.1 Å². The van der Waals surface area contributed by atoms with Crippen molar-refractivity contribution < 1.29 is 4.79 Å². The Labute approximate surface area is 126 Å². The average Bonchev–Trinajstić information content (AvgIpc) is 2.95. The molecule has 0 spiro atoms. The van der Waals surface area contributed by atoms with Gasteiger partial charge in [0.1, 0.15) is 11.2 Å². The number of aromatic nitrogens is 4. The van der Waals surface area contributed by atoms with E-state index in [0.717, 1.165) is 12.8 Å². The number of rotatable bonds is 5.